The second-order valence-electron chi connectivity index (χ2n) is 19.7. The number of unbranched alkanes of at least 4 members (excludes halogenated alkanes) is 2. The molecular weight excluding hydrogens is 977 g/mol. The van der Waals surface area contributed by atoms with Gasteiger partial charge in [-0.3, -0.25) is 52.7 Å². The van der Waals surface area contributed by atoms with Crippen LogP contribution in [0.2, 0.25) is 0 Å². The average Bonchev–Trinajstić information content (AvgIpc) is 4.15. The number of hydrogen-bond donors (Lipinski definition) is 10. The van der Waals surface area contributed by atoms with E-state index in [0.717, 1.165) is 15.8 Å². The number of aromatic nitrogens is 1. The fraction of sp³-hybridized carbons (Fsp3) is 0.608. The van der Waals surface area contributed by atoms with Gasteiger partial charge < -0.3 is 62.6 Å². The first kappa shape index (κ1) is 60.2. The number of nitrogens with two attached hydrogens (primary N) is 1. The van der Waals surface area contributed by atoms with Gasteiger partial charge in [0.25, 0.3) is 5.91 Å². The first-order valence-corrected chi connectivity index (χ1v) is 25.8. The molecule has 0 spiro atoms. The highest BCUT2D eigenvalue weighted by molar-refractivity contribution is 6.35. The van der Waals surface area contributed by atoms with Gasteiger partial charge in [0, 0.05) is 49.6 Å². The summed E-state index contributed by atoms with van der Waals surface area (Å²) in [4.78, 5) is 164. The number of ketones is 1. The zero-order valence-electron chi connectivity index (χ0n) is 43.3. The second-order valence-corrected chi connectivity index (χ2v) is 19.7. The number of likely N-dealkylation sites (tertiary alicyclic amines) is 2. The molecular formula is C51H74N10O14. The molecule has 2 aliphatic heterocycles. The Hall–Kier alpha value is -7.40. The number of benzene rings is 1. The molecule has 0 unspecified atom stereocenters. The van der Waals surface area contributed by atoms with Crippen molar-refractivity contribution in [3.63, 3.8) is 0 Å². The van der Waals surface area contributed by atoms with Crippen LogP contribution in [0.5, 0.6) is 0 Å². The van der Waals surface area contributed by atoms with E-state index in [1.807, 2.05) is 45.9 Å². The van der Waals surface area contributed by atoms with E-state index in [9.17, 15) is 67.7 Å². The molecule has 24 heteroatoms. The van der Waals surface area contributed by atoms with Crippen LogP contribution in [0, 0.1) is 5.92 Å². The molecule has 2 fully saturated rings. The number of amides is 9. The van der Waals surface area contributed by atoms with Gasteiger partial charge in [0.05, 0.1) is 13.0 Å². The van der Waals surface area contributed by atoms with Crippen molar-refractivity contribution in [2.45, 2.75) is 166 Å². The van der Waals surface area contributed by atoms with E-state index in [0.29, 0.717) is 63.0 Å². The van der Waals surface area contributed by atoms with Gasteiger partial charge in [-0.25, -0.2) is 4.79 Å². The van der Waals surface area contributed by atoms with Crippen LogP contribution in [-0.4, -0.2) is 158 Å². The summed E-state index contributed by atoms with van der Waals surface area (Å²) in [5.41, 5.74) is 4.97. The number of fused-ring (bicyclic) bond motifs is 1. The van der Waals surface area contributed by atoms with E-state index in [-0.39, 0.29) is 45.2 Å². The zero-order valence-corrected chi connectivity index (χ0v) is 43.3. The lowest BCUT2D eigenvalue weighted by atomic mass is 9.85. The molecule has 0 saturated carbocycles. The number of nitrogens with one attached hydrogen (secondary N) is 7. The molecule has 4 rings (SSSR count). The Balaban J connectivity index is 1.52. The van der Waals surface area contributed by atoms with Gasteiger partial charge in [-0.05, 0) is 68.9 Å². The Morgan fingerprint density at radius 3 is 2.05 bits per heavy atom. The molecule has 24 nitrogen and oxygen atoms in total. The monoisotopic (exact) mass is 1050 g/mol. The van der Waals surface area contributed by atoms with Gasteiger partial charge in [0.1, 0.15) is 42.2 Å². The van der Waals surface area contributed by atoms with E-state index >= 15 is 0 Å². The number of aromatic amines is 1. The van der Waals surface area contributed by atoms with Crippen LogP contribution in [0.1, 0.15) is 130 Å². The number of hydrogen-bond acceptors (Lipinski definition) is 12. The number of Topliss-reactive ketones (excluding diaryl/α,β-unsaturated/α-hetero) is 1. The lowest BCUT2D eigenvalue weighted by molar-refractivity contribution is -0.150. The summed E-state index contributed by atoms with van der Waals surface area (Å²) in [6.45, 7) is 7.83. The maximum absolute atomic E-state index is 14.3. The van der Waals surface area contributed by atoms with Crippen molar-refractivity contribution < 1.29 is 67.7 Å². The molecule has 75 heavy (non-hydrogen) atoms. The summed E-state index contributed by atoms with van der Waals surface area (Å²) in [5.74, 6) is -11.7. The van der Waals surface area contributed by atoms with Crippen LogP contribution in [0.4, 0.5) is 0 Å². The van der Waals surface area contributed by atoms with Crippen molar-refractivity contribution in [3.05, 3.63) is 36.0 Å². The fourth-order valence-electron chi connectivity index (χ4n) is 9.33. The van der Waals surface area contributed by atoms with Crippen LogP contribution in [-0.2, 0) is 64.0 Å². The topological polar surface area (TPSA) is 366 Å². The zero-order chi connectivity index (χ0) is 55.4. The van der Waals surface area contributed by atoms with Gasteiger partial charge in [0.15, 0.2) is 0 Å². The van der Waals surface area contributed by atoms with Crippen molar-refractivity contribution in [1.82, 2.24) is 46.7 Å². The maximum atomic E-state index is 14.3. The lowest BCUT2D eigenvalue weighted by Crippen LogP contribution is -2.63. The van der Waals surface area contributed by atoms with Gasteiger partial charge in [-0.2, -0.15) is 0 Å². The molecule has 9 amide bonds. The van der Waals surface area contributed by atoms with Crippen molar-refractivity contribution in [3.8, 4) is 0 Å². The molecule has 2 aliphatic rings. The smallest absolute Gasteiger partial charge is 0.326 e. The van der Waals surface area contributed by atoms with Crippen LogP contribution >= 0.6 is 0 Å². The molecule has 0 bridgehead atoms. The highest BCUT2D eigenvalue weighted by atomic mass is 16.4. The van der Waals surface area contributed by atoms with E-state index < -0.39 is 139 Å². The minimum atomic E-state index is -1.93. The fourth-order valence-corrected chi connectivity index (χ4v) is 9.33. The summed E-state index contributed by atoms with van der Waals surface area (Å²) < 4.78 is 0. The van der Waals surface area contributed by atoms with Crippen LogP contribution in [0.3, 0.4) is 0 Å². The van der Waals surface area contributed by atoms with Gasteiger partial charge in [0.2, 0.25) is 53.0 Å². The Morgan fingerprint density at radius 2 is 1.43 bits per heavy atom. The Bertz CT molecular complexity index is 2410. The molecule has 1 aromatic heterocycles. The van der Waals surface area contributed by atoms with Crippen molar-refractivity contribution in [1.29, 1.82) is 0 Å². The van der Waals surface area contributed by atoms with Crippen LogP contribution in [0.25, 0.3) is 10.9 Å². The number of nitrogens with zero attached hydrogens (tertiary/aromatic N) is 2. The van der Waals surface area contributed by atoms with E-state index in [2.05, 4.69) is 36.9 Å². The number of carbonyl (C=O) groups excluding carboxylic acids is 10. The third-order valence-electron chi connectivity index (χ3n) is 13.5. The van der Waals surface area contributed by atoms with Crippen LogP contribution in [0.15, 0.2) is 30.5 Å². The third kappa shape index (κ3) is 17.6. The minimum absolute atomic E-state index is 0.0137. The molecule has 0 radical (unpaired) electrons. The molecule has 1 aromatic carbocycles. The largest absolute Gasteiger partial charge is 0.481 e. The molecule has 0 aliphatic carbocycles. The first-order valence-electron chi connectivity index (χ1n) is 25.8. The second kappa shape index (κ2) is 28.9. The molecule has 412 valence electrons. The van der Waals surface area contributed by atoms with Crippen molar-refractivity contribution in [2.75, 3.05) is 26.2 Å². The van der Waals surface area contributed by atoms with Crippen molar-refractivity contribution in [2.24, 2.45) is 11.7 Å². The number of carbonyl (C=O) groups is 12. The Morgan fingerprint density at radius 1 is 0.773 bits per heavy atom. The molecule has 2 aromatic rings. The molecule has 2 saturated heterocycles. The quantitative estimate of drug-likeness (QED) is 0.0362. The highest BCUT2D eigenvalue weighted by Gasteiger charge is 2.43. The van der Waals surface area contributed by atoms with Crippen molar-refractivity contribution >= 4 is 81.8 Å². The predicted molar refractivity (Wildman–Crippen MR) is 271 cm³/mol. The summed E-state index contributed by atoms with van der Waals surface area (Å²) >= 11 is 0. The molecule has 3 heterocycles. The number of carboxylic acid groups (broad SMARTS) is 2. The average molecular weight is 1050 g/mol. The van der Waals surface area contributed by atoms with E-state index in [4.69, 9.17) is 5.73 Å². The summed E-state index contributed by atoms with van der Waals surface area (Å²) in [5, 5.41) is 35.8. The number of H-pyrrole nitrogens is 1. The summed E-state index contributed by atoms with van der Waals surface area (Å²) in [6, 6.07) is 0.115. The molecule has 5 atom stereocenters. The summed E-state index contributed by atoms with van der Waals surface area (Å²) in [7, 11) is 0. The number of rotatable bonds is 31. The highest BCUT2D eigenvalue weighted by Crippen LogP contribution is 2.26. The Kier molecular flexibility index (Phi) is 23.2. The number of para-hydroxylation sites is 1. The third-order valence-corrected chi connectivity index (χ3v) is 13.5. The number of carboxylic acids is 2. The summed E-state index contributed by atoms with van der Waals surface area (Å²) in [6.07, 6.45) is 2.47. The minimum Gasteiger partial charge on any atom is -0.481 e. The van der Waals surface area contributed by atoms with Gasteiger partial charge in [-0.1, -0.05) is 71.6 Å². The number of primary amides is 1. The molecule has 11 N–H and O–H groups in total. The maximum Gasteiger partial charge on any atom is 0.326 e. The standard InChI is InChI=1S/C51H74N10O14/c1-5-7-20-51(21-8-6-2,50(75)55-29-41(64)53-22-19-30(3)4)59-46(70)34(17-18-39(62)44(52)68)57-45(69)35(26-43(66)67)56-40(63)27-42(65)60-23-11-15-37(60)47(71)58-36(48(72)61-24-12-16-38(61)49(73)74)25-31-28-54-33-14-10-9-13-32(31)33/h9-10,13-14,28,30,34-38,54H,5-8,11-12,15-27,29H2,1-4H3,(H2,52,68)(H,53,64)(H,55,75)(H,56,63)(H,57,69)(H,58,71)(H,59,70)(H,66,67)(H,73,74)/t34-,35+,36-,37-,38-/m0/s1. The van der Waals surface area contributed by atoms with E-state index in [1.54, 1.807) is 12.3 Å². The normalized spacial score (nSPS) is 16.6. The van der Waals surface area contributed by atoms with Gasteiger partial charge >= 0.3 is 11.9 Å². The van der Waals surface area contributed by atoms with E-state index in [1.165, 1.54) is 4.90 Å². The van der Waals surface area contributed by atoms with Gasteiger partial charge in [-0.15, -0.1) is 0 Å². The lowest BCUT2D eigenvalue weighted by Gasteiger charge is -2.35. The number of aliphatic carboxylic acids is 2. The Labute approximate surface area is 435 Å². The predicted octanol–water partition coefficient (Wildman–Crippen LogP) is 0.445. The van der Waals surface area contributed by atoms with Crippen LogP contribution < -0.4 is 37.6 Å². The first-order chi connectivity index (χ1) is 35.6. The SMILES string of the molecule is CCCCC(CCCC)(NC(=O)[C@H](CCC(=O)C(N)=O)NC(=O)[C@@H](CC(=O)O)NC(=O)CC(=O)N1CCC[C@H]1C(=O)N[C@@H](Cc1c[nH]c2ccccc12)C(=O)N1CCC[C@H]1C(=O)O)C(=O)NCC(=O)NCCC(C)C.